The lowest BCUT2D eigenvalue weighted by Crippen LogP contribution is -2.25. The van der Waals surface area contributed by atoms with Crippen LogP contribution in [-0.2, 0) is 0 Å². The van der Waals surface area contributed by atoms with Gasteiger partial charge in [0.15, 0.2) is 0 Å². The highest BCUT2D eigenvalue weighted by Crippen LogP contribution is 1.94. The molecule has 1 rings (SSSR count). The molecule has 5 heteroatoms. The molecular weight excluding hydrogens is 194 g/mol. The third kappa shape index (κ3) is 7.69. The van der Waals surface area contributed by atoms with Crippen LogP contribution in [0, 0.1) is 0 Å². The Labute approximate surface area is 90.3 Å². The van der Waals surface area contributed by atoms with Gasteiger partial charge < -0.3 is 10.8 Å². The van der Waals surface area contributed by atoms with E-state index in [1.54, 1.807) is 12.3 Å². The van der Waals surface area contributed by atoms with E-state index < -0.39 is 6.09 Å². The molecule has 1 heterocycles. The minimum Gasteiger partial charge on any atom is -0.465 e. The summed E-state index contributed by atoms with van der Waals surface area (Å²) in [4.78, 5) is 15.0. The number of nitrogens with two attached hydrogens (primary N) is 1. The van der Waals surface area contributed by atoms with Gasteiger partial charge in [-0.2, -0.15) is 0 Å². The van der Waals surface area contributed by atoms with Crippen molar-refractivity contribution in [1.82, 2.24) is 4.90 Å². The van der Waals surface area contributed by atoms with Gasteiger partial charge in [-0.15, -0.1) is 0 Å². The van der Waals surface area contributed by atoms with Crippen LogP contribution in [0.5, 0.6) is 0 Å². The van der Waals surface area contributed by atoms with Crippen LogP contribution in [0.2, 0.25) is 0 Å². The smallest absolute Gasteiger partial charge is 0.412 e. The summed E-state index contributed by atoms with van der Waals surface area (Å²) in [7, 11) is 0. The number of nitrogens with zero attached hydrogens (tertiary/aromatic N) is 2. The van der Waals surface area contributed by atoms with Crippen LogP contribution in [0.4, 0.5) is 4.79 Å². The topological polar surface area (TPSA) is 78.9 Å². The van der Waals surface area contributed by atoms with E-state index in [0.717, 1.165) is 11.4 Å². The molecule has 1 aliphatic rings. The second-order valence-corrected chi connectivity index (χ2v) is 3.06. The summed E-state index contributed by atoms with van der Waals surface area (Å²) < 4.78 is 0. The first-order chi connectivity index (χ1) is 7.22. The predicted octanol–water partition coefficient (Wildman–Crippen LogP) is 1.66. The summed E-state index contributed by atoms with van der Waals surface area (Å²) >= 11 is 0. The van der Waals surface area contributed by atoms with Gasteiger partial charge in [0.05, 0.1) is 0 Å². The lowest BCUT2D eigenvalue weighted by atomic mass is 10.3. The van der Waals surface area contributed by atoms with Crippen molar-refractivity contribution in [2.75, 3.05) is 13.2 Å². The van der Waals surface area contributed by atoms with E-state index in [1.807, 2.05) is 0 Å². The minimum atomic E-state index is -0.969. The molecule has 1 aliphatic heterocycles. The molecule has 0 unspecified atom stereocenters. The Kier molecular flexibility index (Phi) is 8.37. The van der Waals surface area contributed by atoms with E-state index in [1.165, 1.54) is 25.5 Å². The average Bonchev–Trinajstić information content (AvgIpc) is 2.28. The fraction of sp³-hybridized carbons (Fsp3) is 0.600. The molecule has 0 radical (unpaired) electrons. The molecule has 3 N–H and O–H groups in total. The van der Waals surface area contributed by atoms with Gasteiger partial charge in [-0.3, -0.25) is 9.89 Å². The highest BCUT2D eigenvalue weighted by Gasteiger charge is 2.06. The fourth-order valence-corrected chi connectivity index (χ4v) is 0.904. The Morgan fingerprint density at radius 3 is 2.60 bits per heavy atom. The van der Waals surface area contributed by atoms with E-state index in [2.05, 4.69) is 11.9 Å². The van der Waals surface area contributed by atoms with Crippen LogP contribution in [0.15, 0.2) is 17.3 Å². The summed E-state index contributed by atoms with van der Waals surface area (Å²) in [5.41, 5.74) is 5.21. The van der Waals surface area contributed by atoms with Crippen molar-refractivity contribution in [3.8, 4) is 0 Å². The van der Waals surface area contributed by atoms with E-state index >= 15 is 0 Å². The first-order valence-corrected chi connectivity index (χ1v) is 5.08. The maximum Gasteiger partial charge on any atom is 0.412 e. The van der Waals surface area contributed by atoms with Crippen molar-refractivity contribution in [3.05, 3.63) is 12.3 Å². The number of allylic oxidation sites excluding steroid dienone is 1. The van der Waals surface area contributed by atoms with Crippen LogP contribution in [0.1, 0.15) is 26.2 Å². The number of carboxylic acid groups (broad SMARTS) is 1. The molecule has 0 aromatic carbocycles. The summed E-state index contributed by atoms with van der Waals surface area (Å²) in [6, 6.07) is 0. The van der Waals surface area contributed by atoms with E-state index in [4.69, 9.17) is 10.8 Å². The standard InChI is InChI=1S/C5H6N2O2.C5H13N/c8-5(9)7-3-1-2-6-4-7;1-2-3-4-5-6/h1-3H,4H2,(H,8,9);2-6H2,1H3. The zero-order valence-electron chi connectivity index (χ0n) is 9.09. The number of rotatable bonds is 3. The number of aliphatic imine (C=N–C) groups is 1. The van der Waals surface area contributed by atoms with Crippen LogP contribution < -0.4 is 5.73 Å². The summed E-state index contributed by atoms with van der Waals surface area (Å²) in [6.07, 6.45) is 7.40. The van der Waals surface area contributed by atoms with Crippen molar-refractivity contribution in [3.63, 3.8) is 0 Å². The van der Waals surface area contributed by atoms with Crippen LogP contribution >= 0.6 is 0 Å². The normalized spacial score (nSPS) is 13.3. The van der Waals surface area contributed by atoms with Crippen LogP contribution in [0.3, 0.4) is 0 Å². The number of hydrogen-bond donors (Lipinski definition) is 2. The number of carbonyl (C=O) groups is 1. The van der Waals surface area contributed by atoms with Gasteiger partial charge in [0, 0.05) is 12.4 Å². The molecule has 0 atom stereocenters. The molecule has 0 bridgehead atoms. The van der Waals surface area contributed by atoms with Crippen LogP contribution in [-0.4, -0.2) is 35.5 Å². The van der Waals surface area contributed by atoms with Gasteiger partial charge in [0.25, 0.3) is 0 Å². The molecule has 0 aromatic heterocycles. The molecule has 0 aliphatic carbocycles. The van der Waals surface area contributed by atoms with Crippen molar-refractivity contribution in [1.29, 1.82) is 0 Å². The Balaban J connectivity index is 0.000000288. The lowest BCUT2D eigenvalue weighted by molar-refractivity contribution is 0.164. The molecule has 0 saturated carbocycles. The summed E-state index contributed by atoms with van der Waals surface area (Å²) in [5, 5.41) is 8.34. The van der Waals surface area contributed by atoms with Crippen LogP contribution in [0.25, 0.3) is 0 Å². The first kappa shape index (κ1) is 13.6. The molecular formula is C10H19N3O2. The van der Waals surface area contributed by atoms with Gasteiger partial charge >= 0.3 is 6.09 Å². The zero-order chi connectivity index (χ0) is 11.5. The SMILES string of the molecule is CCCCCN.O=C(O)N1C=CC=NC1. The third-order valence-corrected chi connectivity index (χ3v) is 1.74. The van der Waals surface area contributed by atoms with Gasteiger partial charge in [0.2, 0.25) is 0 Å². The average molecular weight is 213 g/mol. The Morgan fingerprint density at radius 2 is 2.33 bits per heavy atom. The van der Waals surface area contributed by atoms with Crippen molar-refractivity contribution in [2.24, 2.45) is 10.7 Å². The van der Waals surface area contributed by atoms with Gasteiger partial charge in [-0.1, -0.05) is 19.8 Å². The van der Waals surface area contributed by atoms with Crippen molar-refractivity contribution < 1.29 is 9.90 Å². The predicted molar refractivity (Wildman–Crippen MR) is 60.9 cm³/mol. The Bertz CT molecular complexity index is 223. The number of unbranched alkanes of at least 4 members (excludes halogenated alkanes) is 2. The largest absolute Gasteiger partial charge is 0.465 e. The maximum absolute atomic E-state index is 10.2. The zero-order valence-corrected chi connectivity index (χ0v) is 9.09. The molecule has 0 fully saturated rings. The highest BCUT2D eigenvalue weighted by molar-refractivity contribution is 5.75. The van der Waals surface area contributed by atoms with E-state index in [9.17, 15) is 4.79 Å². The molecule has 5 nitrogen and oxygen atoms in total. The van der Waals surface area contributed by atoms with Crippen molar-refractivity contribution in [2.45, 2.75) is 26.2 Å². The van der Waals surface area contributed by atoms with Gasteiger partial charge in [-0.05, 0) is 19.0 Å². The maximum atomic E-state index is 10.2. The molecule has 0 aromatic rings. The van der Waals surface area contributed by atoms with Gasteiger partial charge in [-0.25, -0.2) is 4.79 Å². The quantitative estimate of drug-likeness (QED) is 0.700. The van der Waals surface area contributed by atoms with Crippen molar-refractivity contribution >= 4 is 12.3 Å². The Morgan fingerprint density at radius 1 is 1.60 bits per heavy atom. The molecule has 86 valence electrons. The molecule has 0 spiro atoms. The second kappa shape index (κ2) is 9.21. The summed E-state index contributed by atoms with van der Waals surface area (Å²) in [6.45, 7) is 3.25. The monoisotopic (exact) mass is 213 g/mol. The Hall–Kier alpha value is -1.36. The number of hydrogen-bond acceptors (Lipinski definition) is 3. The number of amides is 1. The molecule has 0 saturated heterocycles. The molecule has 15 heavy (non-hydrogen) atoms. The van der Waals surface area contributed by atoms with E-state index in [-0.39, 0.29) is 6.67 Å². The lowest BCUT2D eigenvalue weighted by Gasteiger charge is -2.12. The van der Waals surface area contributed by atoms with E-state index in [0.29, 0.717) is 0 Å². The third-order valence-electron chi connectivity index (χ3n) is 1.74. The minimum absolute atomic E-state index is 0.214. The first-order valence-electron chi connectivity index (χ1n) is 5.08. The summed E-state index contributed by atoms with van der Waals surface area (Å²) in [5.74, 6) is 0. The van der Waals surface area contributed by atoms with Gasteiger partial charge in [0.1, 0.15) is 6.67 Å². The highest BCUT2D eigenvalue weighted by atomic mass is 16.4. The fourth-order valence-electron chi connectivity index (χ4n) is 0.904. The second-order valence-electron chi connectivity index (χ2n) is 3.06. The molecule has 1 amide bonds.